The summed E-state index contributed by atoms with van der Waals surface area (Å²) < 4.78 is 11.2. The minimum Gasteiger partial charge on any atom is -0.379 e. The Morgan fingerprint density at radius 3 is 3.11 bits per heavy atom. The Bertz CT molecular complexity index is 175. The lowest BCUT2D eigenvalue weighted by Gasteiger charge is -2.33. The highest BCUT2D eigenvalue weighted by molar-refractivity contribution is 4.73. The van der Waals surface area contributed by atoms with Crippen LogP contribution in [0.5, 0.6) is 0 Å². The van der Waals surface area contributed by atoms with Gasteiger partial charge < -0.3 is 20.5 Å². The van der Waals surface area contributed by atoms with Crippen molar-refractivity contribution in [2.45, 2.75) is 25.9 Å². The lowest BCUT2D eigenvalue weighted by atomic mass is 10.2. The van der Waals surface area contributed by atoms with Gasteiger partial charge in [0.25, 0.3) is 0 Å². The van der Waals surface area contributed by atoms with Crippen molar-refractivity contribution in [1.82, 2.24) is 10.2 Å². The first-order valence-corrected chi connectivity index (χ1v) is 7.19. The van der Waals surface area contributed by atoms with Crippen molar-refractivity contribution in [3.05, 3.63) is 0 Å². The monoisotopic (exact) mass is 259 g/mol. The van der Waals surface area contributed by atoms with Crippen molar-refractivity contribution >= 4 is 0 Å². The van der Waals surface area contributed by atoms with E-state index in [1.807, 2.05) is 0 Å². The molecule has 0 aromatic heterocycles. The zero-order valence-corrected chi connectivity index (χ0v) is 11.7. The van der Waals surface area contributed by atoms with E-state index in [2.05, 4.69) is 17.1 Å². The Balaban J connectivity index is 2.04. The van der Waals surface area contributed by atoms with E-state index in [0.29, 0.717) is 19.3 Å². The fourth-order valence-corrected chi connectivity index (χ4v) is 2.05. The highest BCUT2D eigenvalue weighted by Crippen LogP contribution is 2.04. The van der Waals surface area contributed by atoms with Gasteiger partial charge in [0.2, 0.25) is 0 Å². The van der Waals surface area contributed by atoms with Gasteiger partial charge in [-0.1, -0.05) is 13.3 Å². The molecule has 1 heterocycles. The van der Waals surface area contributed by atoms with Gasteiger partial charge in [-0.25, -0.2) is 0 Å². The number of morpholine rings is 1. The second-order valence-electron chi connectivity index (χ2n) is 4.75. The first kappa shape index (κ1) is 15.9. The average molecular weight is 259 g/mol. The van der Waals surface area contributed by atoms with Crippen LogP contribution in [0.4, 0.5) is 0 Å². The third-order valence-electron chi connectivity index (χ3n) is 3.12. The quantitative estimate of drug-likeness (QED) is 0.543. The van der Waals surface area contributed by atoms with Gasteiger partial charge >= 0.3 is 0 Å². The van der Waals surface area contributed by atoms with Crippen LogP contribution in [0, 0.1) is 0 Å². The smallest absolute Gasteiger partial charge is 0.0826 e. The van der Waals surface area contributed by atoms with Crippen LogP contribution in [-0.4, -0.2) is 70.1 Å². The van der Waals surface area contributed by atoms with Gasteiger partial charge in [-0.2, -0.15) is 0 Å². The summed E-state index contributed by atoms with van der Waals surface area (Å²) in [6, 6.07) is 0. The van der Waals surface area contributed by atoms with Crippen molar-refractivity contribution < 1.29 is 9.47 Å². The third-order valence-corrected chi connectivity index (χ3v) is 3.12. The average Bonchev–Trinajstić information content (AvgIpc) is 2.40. The molecule has 5 heteroatoms. The van der Waals surface area contributed by atoms with E-state index in [4.69, 9.17) is 15.2 Å². The summed E-state index contributed by atoms with van der Waals surface area (Å²) in [6.07, 6.45) is 2.80. The lowest BCUT2D eigenvalue weighted by molar-refractivity contribution is -0.0345. The Morgan fingerprint density at radius 1 is 1.44 bits per heavy atom. The number of ether oxygens (including phenoxy) is 2. The van der Waals surface area contributed by atoms with Crippen LogP contribution in [0.1, 0.15) is 19.8 Å². The molecule has 0 bridgehead atoms. The highest BCUT2D eigenvalue weighted by Gasteiger charge is 2.19. The number of nitrogens with two attached hydrogens (primary N) is 1. The molecule has 108 valence electrons. The number of hydrogen-bond donors (Lipinski definition) is 2. The van der Waals surface area contributed by atoms with E-state index in [0.717, 1.165) is 45.9 Å². The fraction of sp³-hybridized carbons (Fsp3) is 1.00. The molecule has 0 aromatic carbocycles. The first-order chi connectivity index (χ1) is 8.86. The third kappa shape index (κ3) is 7.28. The van der Waals surface area contributed by atoms with Gasteiger partial charge in [-0.15, -0.1) is 0 Å². The Labute approximate surface area is 111 Å². The number of rotatable bonds is 10. The predicted octanol–water partition coefficient (Wildman–Crippen LogP) is 0.0522. The summed E-state index contributed by atoms with van der Waals surface area (Å²) in [7, 11) is 0. The van der Waals surface area contributed by atoms with Crippen LogP contribution in [0.25, 0.3) is 0 Å². The van der Waals surface area contributed by atoms with Gasteiger partial charge in [0, 0.05) is 32.7 Å². The molecule has 1 aliphatic heterocycles. The van der Waals surface area contributed by atoms with Crippen LogP contribution in [0.2, 0.25) is 0 Å². The number of nitrogens with zero attached hydrogens (tertiary/aromatic N) is 1. The minimum absolute atomic E-state index is 0.324. The summed E-state index contributed by atoms with van der Waals surface area (Å²) in [5, 5.41) is 3.45. The molecule has 0 saturated carbocycles. The van der Waals surface area contributed by atoms with E-state index >= 15 is 0 Å². The molecule has 5 nitrogen and oxygen atoms in total. The molecule has 1 fully saturated rings. The summed E-state index contributed by atoms with van der Waals surface area (Å²) in [5.41, 5.74) is 5.38. The van der Waals surface area contributed by atoms with E-state index in [-0.39, 0.29) is 0 Å². The van der Waals surface area contributed by atoms with Crippen molar-refractivity contribution in [2.24, 2.45) is 5.73 Å². The molecule has 1 saturated heterocycles. The molecular weight excluding hydrogens is 230 g/mol. The van der Waals surface area contributed by atoms with Crippen LogP contribution >= 0.6 is 0 Å². The molecule has 0 aromatic rings. The molecule has 1 rings (SSSR count). The highest BCUT2D eigenvalue weighted by atomic mass is 16.5. The number of nitrogens with one attached hydrogen (secondary N) is 1. The van der Waals surface area contributed by atoms with Crippen LogP contribution in [0.3, 0.4) is 0 Å². The zero-order valence-electron chi connectivity index (χ0n) is 11.7. The maximum Gasteiger partial charge on any atom is 0.0826 e. The molecule has 0 amide bonds. The van der Waals surface area contributed by atoms with Gasteiger partial charge in [0.1, 0.15) is 0 Å². The molecule has 0 aliphatic carbocycles. The first-order valence-electron chi connectivity index (χ1n) is 7.19. The van der Waals surface area contributed by atoms with Crippen molar-refractivity contribution in [3.63, 3.8) is 0 Å². The maximum atomic E-state index is 5.75. The van der Waals surface area contributed by atoms with Crippen LogP contribution in [0.15, 0.2) is 0 Å². The summed E-state index contributed by atoms with van der Waals surface area (Å²) in [6.45, 7) is 10.1. The lowest BCUT2D eigenvalue weighted by Crippen LogP contribution is -2.47. The largest absolute Gasteiger partial charge is 0.379 e. The van der Waals surface area contributed by atoms with Gasteiger partial charge in [0.05, 0.1) is 25.9 Å². The number of unbranched alkanes of at least 4 members (excludes halogenated alkanes) is 1. The van der Waals surface area contributed by atoms with E-state index < -0.39 is 0 Å². The molecule has 3 N–H and O–H groups in total. The second kappa shape index (κ2) is 10.7. The van der Waals surface area contributed by atoms with Crippen molar-refractivity contribution in [2.75, 3.05) is 59.1 Å². The van der Waals surface area contributed by atoms with E-state index in [9.17, 15) is 0 Å². The predicted molar refractivity (Wildman–Crippen MR) is 73.8 cm³/mol. The summed E-state index contributed by atoms with van der Waals surface area (Å²) >= 11 is 0. The normalized spacial score (nSPS) is 21.3. The topological polar surface area (TPSA) is 59.8 Å². The van der Waals surface area contributed by atoms with Crippen LogP contribution in [-0.2, 0) is 9.47 Å². The number of hydrogen-bond acceptors (Lipinski definition) is 5. The molecule has 1 unspecified atom stereocenters. The summed E-state index contributed by atoms with van der Waals surface area (Å²) in [5.74, 6) is 0. The molecule has 18 heavy (non-hydrogen) atoms. The second-order valence-corrected chi connectivity index (χ2v) is 4.75. The van der Waals surface area contributed by atoms with Crippen LogP contribution < -0.4 is 11.1 Å². The zero-order chi connectivity index (χ0) is 13.1. The molecule has 0 spiro atoms. The maximum absolute atomic E-state index is 5.75. The minimum atomic E-state index is 0.324. The molecule has 1 aliphatic rings. The van der Waals surface area contributed by atoms with E-state index in [1.165, 1.54) is 12.8 Å². The molecular formula is C13H29N3O2. The Morgan fingerprint density at radius 2 is 2.33 bits per heavy atom. The van der Waals surface area contributed by atoms with Crippen molar-refractivity contribution in [3.8, 4) is 0 Å². The standard InChI is InChI=1S/C13H29N3O2/c1-2-3-5-15-11-13-12-16(7-10-18-13)6-9-17-8-4-14/h13,15H,2-12,14H2,1H3. The Kier molecular flexibility index (Phi) is 9.42. The SMILES string of the molecule is CCCCNCC1CN(CCOCCN)CCO1. The Hall–Kier alpha value is -0.200. The molecule has 0 radical (unpaired) electrons. The summed E-state index contributed by atoms with van der Waals surface area (Å²) in [4.78, 5) is 2.41. The van der Waals surface area contributed by atoms with Gasteiger partial charge in [-0.05, 0) is 13.0 Å². The fourth-order valence-electron chi connectivity index (χ4n) is 2.05. The molecule has 1 atom stereocenters. The van der Waals surface area contributed by atoms with Gasteiger partial charge in [0.15, 0.2) is 0 Å². The van der Waals surface area contributed by atoms with Gasteiger partial charge in [-0.3, -0.25) is 4.90 Å². The van der Waals surface area contributed by atoms with E-state index in [1.54, 1.807) is 0 Å². The van der Waals surface area contributed by atoms with Crippen molar-refractivity contribution in [1.29, 1.82) is 0 Å².